The van der Waals surface area contributed by atoms with Crippen LogP contribution in [0.15, 0.2) is 59.5 Å². The second-order valence-corrected chi connectivity index (χ2v) is 7.92. The van der Waals surface area contributed by atoms with Crippen molar-refractivity contribution < 1.29 is 4.79 Å². The number of hydrogen-bond acceptors (Lipinski definition) is 4. The molecule has 0 radical (unpaired) electrons. The predicted octanol–water partition coefficient (Wildman–Crippen LogP) is 2.98. The van der Waals surface area contributed by atoms with E-state index in [0.717, 1.165) is 31.4 Å². The van der Waals surface area contributed by atoms with Gasteiger partial charge in [0.25, 0.3) is 11.5 Å². The van der Waals surface area contributed by atoms with Gasteiger partial charge in [0.2, 0.25) is 0 Å². The second-order valence-electron chi connectivity index (χ2n) is 7.92. The van der Waals surface area contributed by atoms with Gasteiger partial charge in [-0.25, -0.2) is 4.98 Å². The van der Waals surface area contributed by atoms with Gasteiger partial charge in [0.15, 0.2) is 0 Å². The standard InChI is InChI=1S/C23H26N4O2/c1-16(2)27-21-18(9-6-11-24-21)13-20(23(27)29)22(28)25-19-10-12-26(15-19)14-17-7-4-3-5-8-17/h3-9,11,13,16,19H,10,12,14-15H2,1-2H3,(H,25,28). The zero-order chi connectivity index (χ0) is 20.4. The van der Waals surface area contributed by atoms with Crippen LogP contribution in [0.2, 0.25) is 0 Å². The summed E-state index contributed by atoms with van der Waals surface area (Å²) in [5.41, 5.74) is 1.77. The Morgan fingerprint density at radius 3 is 2.76 bits per heavy atom. The minimum absolute atomic E-state index is 0.0442. The summed E-state index contributed by atoms with van der Waals surface area (Å²) in [5, 5.41) is 3.86. The van der Waals surface area contributed by atoms with Crippen molar-refractivity contribution in [1.29, 1.82) is 0 Å². The Labute approximate surface area is 170 Å². The van der Waals surface area contributed by atoms with Gasteiger partial charge < -0.3 is 5.32 Å². The molecule has 1 amide bonds. The van der Waals surface area contributed by atoms with E-state index >= 15 is 0 Å². The number of nitrogens with one attached hydrogen (secondary N) is 1. The maximum Gasteiger partial charge on any atom is 0.265 e. The van der Waals surface area contributed by atoms with E-state index in [1.54, 1.807) is 16.8 Å². The lowest BCUT2D eigenvalue weighted by Gasteiger charge is -2.18. The molecule has 6 nitrogen and oxygen atoms in total. The average Bonchev–Trinajstić information content (AvgIpc) is 3.14. The molecule has 0 spiro atoms. The lowest BCUT2D eigenvalue weighted by Crippen LogP contribution is -2.40. The lowest BCUT2D eigenvalue weighted by atomic mass is 10.1. The van der Waals surface area contributed by atoms with Gasteiger partial charge >= 0.3 is 0 Å². The molecule has 0 aliphatic carbocycles. The van der Waals surface area contributed by atoms with Crippen molar-refractivity contribution in [3.05, 3.63) is 76.2 Å². The number of pyridine rings is 2. The largest absolute Gasteiger partial charge is 0.348 e. The Kier molecular flexibility index (Phi) is 5.45. The molecule has 0 saturated carbocycles. The molecule has 150 valence electrons. The number of rotatable bonds is 5. The minimum Gasteiger partial charge on any atom is -0.348 e. The van der Waals surface area contributed by atoms with E-state index in [1.807, 2.05) is 44.2 Å². The van der Waals surface area contributed by atoms with Crippen molar-refractivity contribution in [2.24, 2.45) is 0 Å². The first-order valence-corrected chi connectivity index (χ1v) is 10.1. The number of benzene rings is 1. The van der Waals surface area contributed by atoms with E-state index in [2.05, 4.69) is 27.3 Å². The molecule has 6 heteroatoms. The molecule has 1 N–H and O–H groups in total. The second kappa shape index (κ2) is 8.17. The molecule has 2 aromatic heterocycles. The van der Waals surface area contributed by atoms with E-state index in [-0.39, 0.29) is 29.1 Å². The molecule has 0 bridgehead atoms. The maximum absolute atomic E-state index is 13.0. The number of carbonyl (C=O) groups is 1. The number of amides is 1. The van der Waals surface area contributed by atoms with Gasteiger partial charge in [-0.15, -0.1) is 0 Å². The van der Waals surface area contributed by atoms with Gasteiger partial charge in [-0.2, -0.15) is 0 Å². The lowest BCUT2D eigenvalue weighted by molar-refractivity contribution is 0.0935. The molecule has 1 aliphatic heterocycles. The van der Waals surface area contributed by atoms with Crippen molar-refractivity contribution in [3.63, 3.8) is 0 Å². The third-order valence-electron chi connectivity index (χ3n) is 5.41. The Bertz CT molecular complexity index is 1080. The van der Waals surface area contributed by atoms with Crippen LogP contribution in [-0.2, 0) is 6.54 Å². The molecule has 29 heavy (non-hydrogen) atoms. The fourth-order valence-corrected chi connectivity index (χ4v) is 4.01. The molecule has 1 saturated heterocycles. The zero-order valence-electron chi connectivity index (χ0n) is 16.8. The van der Waals surface area contributed by atoms with Crippen LogP contribution < -0.4 is 10.9 Å². The molecule has 1 unspecified atom stereocenters. The average molecular weight is 390 g/mol. The summed E-state index contributed by atoms with van der Waals surface area (Å²) in [4.78, 5) is 32.6. The fraction of sp³-hybridized carbons (Fsp3) is 0.348. The molecule has 3 aromatic rings. The van der Waals surface area contributed by atoms with Crippen LogP contribution in [0.25, 0.3) is 11.0 Å². The highest BCUT2D eigenvalue weighted by molar-refractivity contribution is 5.97. The van der Waals surface area contributed by atoms with E-state index < -0.39 is 0 Å². The number of nitrogens with zero attached hydrogens (tertiary/aromatic N) is 3. The quantitative estimate of drug-likeness (QED) is 0.727. The summed E-state index contributed by atoms with van der Waals surface area (Å²) in [7, 11) is 0. The SMILES string of the molecule is CC(C)n1c(=O)c(C(=O)NC2CCN(Cc3ccccc3)C2)cc2cccnc21. The molecule has 1 aliphatic rings. The number of aromatic nitrogens is 2. The topological polar surface area (TPSA) is 67.2 Å². The Hall–Kier alpha value is -2.99. The van der Waals surface area contributed by atoms with Crippen LogP contribution >= 0.6 is 0 Å². The van der Waals surface area contributed by atoms with E-state index in [0.29, 0.717) is 5.65 Å². The normalized spacial score (nSPS) is 17.1. The third kappa shape index (κ3) is 4.07. The number of carbonyl (C=O) groups excluding carboxylic acids is 1. The van der Waals surface area contributed by atoms with Crippen LogP contribution in [0.4, 0.5) is 0 Å². The van der Waals surface area contributed by atoms with Gasteiger partial charge in [0, 0.05) is 43.3 Å². The Morgan fingerprint density at radius 1 is 1.21 bits per heavy atom. The maximum atomic E-state index is 13.0. The van der Waals surface area contributed by atoms with E-state index in [1.165, 1.54) is 5.56 Å². The van der Waals surface area contributed by atoms with Crippen molar-refractivity contribution in [2.45, 2.75) is 38.9 Å². The first-order chi connectivity index (χ1) is 14.0. The van der Waals surface area contributed by atoms with Gasteiger partial charge in [-0.05, 0) is 44.0 Å². The van der Waals surface area contributed by atoms with E-state index in [4.69, 9.17) is 0 Å². The molecule has 3 heterocycles. The van der Waals surface area contributed by atoms with Crippen LogP contribution in [0.1, 0.15) is 42.2 Å². The minimum atomic E-state index is -0.304. The van der Waals surface area contributed by atoms with Gasteiger partial charge in [-0.3, -0.25) is 19.1 Å². The molecule has 1 fully saturated rings. The number of fused-ring (bicyclic) bond motifs is 1. The summed E-state index contributed by atoms with van der Waals surface area (Å²) >= 11 is 0. The highest BCUT2D eigenvalue weighted by Crippen LogP contribution is 2.17. The van der Waals surface area contributed by atoms with Gasteiger partial charge in [-0.1, -0.05) is 30.3 Å². The summed E-state index contributed by atoms with van der Waals surface area (Å²) < 4.78 is 1.60. The van der Waals surface area contributed by atoms with Gasteiger partial charge in [0.1, 0.15) is 11.2 Å². The monoisotopic (exact) mass is 390 g/mol. The van der Waals surface area contributed by atoms with Crippen LogP contribution in [0.3, 0.4) is 0 Å². The fourth-order valence-electron chi connectivity index (χ4n) is 4.01. The highest BCUT2D eigenvalue weighted by atomic mass is 16.2. The Balaban J connectivity index is 1.51. The molecule has 1 atom stereocenters. The molecule has 1 aromatic carbocycles. The first kappa shape index (κ1) is 19.3. The highest BCUT2D eigenvalue weighted by Gasteiger charge is 2.26. The van der Waals surface area contributed by atoms with Crippen LogP contribution in [-0.4, -0.2) is 39.5 Å². The summed E-state index contributed by atoms with van der Waals surface area (Å²) in [6.45, 7) is 6.44. The van der Waals surface area contributed by atoms with E-state index in [9.17, 15) is 9.59 Å². The van der Waals surface area contributed by atoms with Crippen molar-refractivity contribution >= 4 is 16.9 Å². The third-order valence-corrected chi connectivity index (χ3v) is 5.41. The summed E-state index contributed by atoms with van der Waals surface area (Å²) in [5.74, 6) is -0.304. The Morgan fingerprint density at radius 2 is 2.00 bits per heavy atom. The smallest absolute Gasteiger partial charge is 0.265 e. The molecular formula is C23H26N4O2. The molecule has 4 rings (SSSR count). The first-order valence-electron chi connectivity index (χ1n) is 10.1. The molecular weight excluding hydrogens is 364 g/mol. The van der Waals surface area contributed by atoms with Crippen LogP contribution in [0, 0.1) is 0 Å². The number of likely N-dealkylation sites (tertiary alicyclic amines) is 1. The van der Waals surface area contributed by atoms with Crippen molar-refractivity contribution in [3.8, 4) is 0 Å². The summed E-state index contributed by atoms with van der Waals surface area (Å²) in [6.07, 6.45) is 2.55. The predicted molar refractivity (Wildman–Crippen MR) is 114 cm³/mol. The van der Waals surface area contributed by atoms with Crippen molar-refractivity contribution in [1.82, 2.24) is 19.8 Å². The summed E-state index contributed by atoms with van der Waals surface area (Å²) in [6, 6.07) is 15.6. The van der Waals surface area contributed by atoms with Gasteiger partial charge in [0.05, 0.1) is 0 Å². The van der Waals surface area contributed by atoms with Crippen LogP contribution in [0.5, 0.6) is 0 Å². The zero-order valence-corrected chi connectivity index (χ0v) is 16.8. The number of hydrogen-bond donors (Lipinski definition) is 1. The van der Waals surface area contributed by atoms with Crippen molar-refractivity contribution in [2.75, 3.05) is 13.1 Å².